The summed E-state index contributed by atoms with van der Waals surface area (Å²) >= 11 is 6.19. The molecule has 0 spiro atoms. The van der Waals surface area contributed by atoms with Crippen molar-refractivity contribution >= 4 is 35.4 Å². The van der Waals surface area contributed by atoms with Crippen LogP contribution in [0, 0.1) is 5.82 Å². The summed E-state index contributed by atoms with van der Waals surface area (Å²) in [6, 6.07) is 19.0. The molecule has 0 saturated carbocycles. The number of tetrazole rings is 1. The van der Waals surface area contributed by atoms with Crippen LogP contribution in [0.2, 0.25) is 5.02 Å². The Hall–Kier alpha value is -5.49. The summed E-state index contributed by atoms with van der Waals surface area (Å²) in [6.45, 7) is 0. The first-order chi connectivity index (χ1) is 20.3. The number of halogens is 2. The molecule has 0 radical (unpaired) electrons. The molecule has 42 heavy (non-hydrogen) atoms. The second-order valence-corrected chi connectivity index (χ2v) is 9.50. The van der Waals surface area contributed by atoms with E-state index in [0.29, 0.717) is 38.8 Å². The van der Waals surface area contributed by atoms with Crippen LogP contribution in [-0.2, 0) is 11.2 Å². The van der Waals surface area contributed by atoms with Crippen LogP contribution in [0.3, 0.4) is 0 Å². The fourth-order valence-corrected chi connectivity index (χ4v) is 4.42. The quantitative estimate of drug-likeness (QED) is 0.202. The minimum atomic E-state index is -1.16. The van der Waals surface area contributed by atoms with Gasteiger partial charge in [-0.1, -0.05) is 35.9 Å². The van der Waals surface area contributed by atoms with Crippen LogP contribution in [0.25, 0.3) is 22.9 Å². The van der Waals surface area contributed by atoms with Crippen molar-refractivity contribution in [1.82, 2.24) is 35.7 Å². The Bertz CT molecular complexity index is 1750. The SMILES string of the molecule is O=C(O)Nc1ccc(-c2cnnc(C(Cc3cccc(F)c3)NC(=O)C=Cc3cc(Cl)ccc3-n3cnnn3)c2)cc1. The molecule has 3 N–H and O–H groups in total. The van der Waals surface area contributed by atoms with Crippen molar-refractivity contribution in [2.45, 2.75) is 12.5 Å². The molecular weight excluding hydrogens is 563 g/mol. The molecule has 1 atom stereocenters. The molecular formula is C29H22ClFN8O3. The van der Waals surface area contributed by atoms with Gasteiger partial charge in [0.25, 0.3) is 0 Å². The maximum absolute atomic E-state index is 14.0. The molecule has 5 aromatic rings. The maximum Gasteiger partial charge on any atom is 0.409 e. The number of carboxylic acid groups (broad SMARTS) is 1. The van der Waals surface area contributed by atoms with Crippen LogP contribution in [0.15, 0.2) is 91.4 Å². The third kappa shape index (κ3) is 7.17. The van der Waals surface area contributed by atoms with Gasteiger partial charge in [-0.25, -0.2) is 9.18 Å². The molecule has 1 unspecified atom stereocenters. The lowest BCUT2D eigenvalue weighted by molar-refractivity contribution is -0.117. The van der Waals surface area contributed by atoms with Gasteiger partial charge in [0.1, 0.15) is 12.1 Å². The molecule has 11 nitrogen and oxygen atoms in total. The maximum atomic E-state index is 14.0. The topological polar surface area (TPSA) is 148 Å². The minimum Gasteiger partial charge on any atom is -0.465 e. The number of carbonyl (C=O) groups excluding carboxylic acids is 1. The van der Waals surface area contributed by atoms with Gasteiger partial charge in [-0.2, -0.15) is 14.9 Å². The van der Waals surface area contributed by atoms with Crippen molar-refractivity contribution < 1.29 is 19.1 Å². The standard InChI is InChI=1S/C29H22ClFN8O3/c30-22-7-10-27(39-17-33-37-38-39)20(14-22)6-11-28(40)35-25(13-18-2-1-3-23(31)12-18)26-15-21(16-32-36-26)19-4-8-24(9-5-19)34-29(41)42/h1-12,14-17,25,34H,13H2,(H,35,40)(H,41,42). The minimum absolute atomic E-state index is 0.240. The van der Waals surface area contributed by atoms with Gasteiger partial charge in [0.15, 0.2) is 0 Å². The first-order valence-corrected chi connectivity index (χ1v) is 12.9. The number of benzene rings is 3. The molecule has 5 rings (SSSR count). The smallest absolute Gasteiger partial charge is 0.409 e. The van der Waals surface area contributed by atoms with Gasteiger partial charge in [0.2, 0.25) is 5.91 Å². The van der Waals surface area contributed by atoms with E-state index in [0.717, 1.165) is 5.56 Å². The lowest BCUT2D eigenvalue weighted by Gasteiger charge is -2.18. The largest absolute Gasteiger partial charge is 0.465 e. The van der Waals surface area contributed by atoms with E-state index in [2.05, 4.69) is 36.4 Å². The van der Waals surface area contributed by atoms with Crippen molar-refractivity contribution in [3.05, 3.63) is 119 Å². The molecule has 13 heteroatoms. The highest BCUT2D eigenvalue weighted by Gasteiger charge is 2.18. The normalized spacial score (nSPS) is 11.8. The van der Waals surface area contributed by atoms with Crippen molar-refractivity contribution in [2.24, 2.45) is 0 Å². The zero-order chi connectivity index (χ0) is 29.5. The van der Waals surface area contributed by atoms with E-state index in [1.165, 1.54) is 29.2 Å². The van der Waals surface area contributed by atoms with Crippen LogP contribution in [0.5, 0.6) is 0 Å². The van der Waals surface area contributed by atoms with Gasteiger partial charge >= 0.3 is 6.09 Å². The van der Waals surface area contributed by atoms with Crippen molar-refractivity contribution in [3.8, 4) is 16.8 Å². The summed E-state index contributed by atoms with van der Waals surface area (Å²) in [5, 5.41) is 34.2. The third-order valence-corrected chi connectivity index (χ3v) is 6.38. The predicted octanol–water partition coefficient (Wildman–Crippen LogP) is 5.12. The molecule has 0 aliphatic heterocycles. The first kappa shape index (κ1) is 28.1. The van der Waals surface area contributed by atoms with E-state index in [4.69, 9.17) is 16.7 Å². The highest BCUT2D eigenvalue weighted by molar-refractivity contribution is 6.30. The van der Waals surface area contributed by atoms with Crippen LogP contribution < -0.4 is 10.6 Å². The summed E-state index contributed by atoms with van der Waals surface area (Å²) in [5.41, 5.74) is 4.19. The number of nitrogens with zero attached hydrogens (tertiary/aromatic N) is 6. The van der Waals surface area contributed by atoms with E-state index >= 15 is 0 Å². The van der Waals surface area contributed by atoms with Crippen LogP contribution in [0.1, 0.15) is 22.9 Å². The Labute approximate surface area is 243 Å². The molecule has 210 valence electrons. The molecule has 0 fully saturated rings. The van der Waals surface area contributed by atoms with Gasteiger partial charge < -0.3 is 10.4 Å². The van der Waals surface area contributed by atoms with E-state index in [1.54, 1.807) is 72.9 Å². The third-order valence-electron chi connectivity index (χ3n) is 6.14. The molecule has 0 saturated heterocycles. The van der Waals surface area contributed by atoms with Gasteiger partial charge in [-0.3, -0.25) is 10.1 Å². The molecule has 2 heterocycles. The van der Waals surface area contributed by atoms with Crippen molar-refractivity contribution in [2.75, 3.05) is 5.32 Å². The average Bonchev–Trinajstić information content (AvgIpc) is 3.51. The summed E-state index contributed by atoms with van der Waals surface area (Å²) in [6.07, 6.45) is 5.00. The zero-order valence-electron chi connectivity index (χ0n) is 21.7. The monoisotopic (exact) mass is 584 g/mol. The average molecular weight is 585 g/mol. The Morgan fingerprint density at radius 2 is 1.86 bits per heavy atom. The van der Waals surface area contributed by atoms with E-state index in [-0.39, 0.29) is 6.42 Å². The molecule has 2 amide bonds. The number of nitrogens with one attached hydrogen (secondary N) is 2. The zero-order valence-corrected chi connectivity index (χ0v) is 22.5. The summed E-state index contributed by atoms with van der Waals surface area (Å²) in [7, 11) is 0. The van der Waals surface area contributed by atoms with E-state index in [9.17, 15) is 14.0 Å². The van der Waals surface area contributed by atoms with E-state index < -0.39 is 23.9 Å². The van der Waals surface area contributed by atoms with Gasteiger partial charge in [0.05, 0.1) is 23.6 Å². The Balaban J connectivity index is 1.42. The number of hydrogen-bond acceptors (Lipinski definition) is 7. The highest BCUT2D eigenvalue weighted by atomic mass is 35.5. The fraction of sp³-hybridized carbons (Fsp3) is 0.0690. The summed E-state index contributed by atoms with van der Waals surface area (Å²) in [5.74, 6) is -0.834. The highest BCUT2D eigenvalue weighted by Crippen LogP contribution is 2.25. The second kappa shape index (κ2) is 12.8. The summed E-state index contributed by atoms with van der Waals surface area (Å²) in [4.78, 5) is 24.1. The van der Waals surface area contributed by atoms with Crippen molar-refractivity contribution in [3.63, 3.8) is 0 Å². The first-order valence-electron chi connectivity index (χ1n) is 12.5. The lowest BCUT2D eigenvalue weighted by atomic mass is 10.00. The van der Waals surface area contributed by atoms with Crippen LogP contribution in [0.4, 0.5) is 14.9 Å². The Morgan fingerprint density at radius 3 is 2.60 bits per heavy atom. The van der Waals surface area contributed by atoms with Crippen LogP contribution in [-0.4, -0.2) is 47.5 Å². The van der Waals surface area contributed by atoms with Gasteiger partial charge in [-0.15, -0.1) is 5.10 Å². The van der Waals surface area contributed by atoms with E-state index in [1.807, 2.05) is 0 Å². The number of rotatable bonds is 9. The molecule has 0 aliphatic carbocycles. The second-order valence-electron chi connectivity index (χ2n) is 9.06. The summed E-state index contributed by atoms with van der Waals surface area (Å²) < 4.78 is 15.4. The number of hydrogen-bond donors (Lipinski definition) is 3. The van der Waals surface area contributed by atoms with Crippen molar-refractivity contribution in [1.29, 1.82) is 0 Å². The molecule has 3 aromatic carbocycles. The number of carbonyl (C=O) groups is 2. The fourth-order valence-electron chi connectivity index (χ4n) is 4.23. The number of aromatic nitrogens is 6. The van der Waals surface area contributed by atoms with Gasteiger partial charge in [0, 0.05) is 27.9 Å². The predicted molar refractivity (Wildman–Crippen MR) is 153 cm³/mol. The van der Waals surface area contributed by atoms with Crippen LogP contribution >= 0.6 is 11.6 Å². The number of amides is 2. The molecule has 0 bridgehead atoms. The Kier molecular flexibility index (Phi) is 8.54. The molecule has 2 aromatic heterocycles. The number of anilines is 1. The Morgan fingerprint density at radius 1 is 1.02 bits per heavy atom. The van der Waals surface area contributed by atoms with Gasteiger partial charge in [-0.05, 0) is 82.6 Å². The molecule has 0 aliphatic rings. The lowest BCUT2D eigenvalue weighted by Crippen LogP contribution is -2.29.